The molecule has 0 aromatic carbocycles. The normalized spacial score (nSPS) is 16.1. The standard InChI is InChI=1S/C30H64O12P4/c1-10-35-43(31,36-11-2)27-21-24-29(45(33,39-14-5)40-15-6)22-19-18-20-23-30(46(34,41-16-7)42-17-8)26-25-28(9)44(32,37-12-3)38-13-4/h14,28-30H,5,10-13,15-27H2,1-4,6-9H3. The van der Waals surface area contributed by atoms with E-state index >= 15 is 0 Å². The van der Waals surface area contributed by atoms with Crippen molar-refractivity contribution in [3.8, 4) is 0 Å². The summed E-state index contributed by atoms with van der Waals surface area (Å²) < 4.78 is 98.4. The lowest BCUT2D eigenvalue weighted by Gasteiger charge is -2.29. The zero-order valence-electron chi connectivity index (χ0n) is 29.7. The molecule has 4 unspecified atom stereocenters. The SMILES string of the molecule is C=COP(=O)(OCC)C(CCCCCC(CCC(C)P(=O)(OCC)OCC)P(=O)(OCC)OCC)CCCP(=O)(OCC)OCC. The average molecular weight is 741 g/mol. The Balaban J connectivity index is 5.65. The van der Waals surface area contributed by atoms with Gasteiger partial charge in [-0.25, -0.2) is 4.57 Å². The zero-order chi connectivity index (χ0) is 35.1. The summed E-state index contributed by atoms with van der Waals surface area (Å²) in [5.41, 5.74) is -1.22. The topological polar surface area (TPSA) is 142 Å². The highest BCUT2D eigenvalue weighted by Gasteiger charge is 2.39. The molecule has 0 N–H and O–H groups in total. The number of rotatable bonds is 32. The molecule has 0 heterocycles. The van der Waals surface area contributed by atoms with Crippen LogP contribution in [-0.2, 0) is 54.5 Å². The Morgan fingerprint density at radius 2 is 0.891 bits per heavy atom. The Morgan fingerprint density at radius 1 is 0.500 bits per heavy atom. The van der Waals surface area contributed by atoms with E-state index in [2.05, 4.69) is 6.58 Å². The zero-order valence-corrected chi connectivity index (χ0v) is 33.3. The fourth-order valence-corrected chi connectivity index (χ4v) is 12.9. The van der Waals surface area contributed by atoms with E-state index in [-0.39, 0.29) is 58.1 Å². The van der Waals surface area contributed by atoms with Gasteiger partial charge in [0.05, 0.1) is 75.6 Å². The molecular formula is C30H64O12P4. The first-order valence-electron chi connectivity index (χ1n) is 17.0. The maximum atomic E-state index is 13.9. The lowest BCUT2D eigenvalue weighted by atomic mass is 10.0. The first-order valence-corrected chi connectivity index (χ1v) is 23.6. The maximum Gasteiger partial charge on any atom is 0.381 e. The summed E-state index contributed by atoms with van der Waals surface area (Å²) in [6.45, 7) is 19.6. The maximum absolute atomic E-state index is 13.9. The summed E-state index contributed by atoms with van der Waals surface area (Å²) in [6, 6.07) is 0. The van der Waals surface area contributed by atoms with Crippen LogP contribution in [0.3, 0.4) is 0 Å². The van der Waals surface area contributed by atoms with Crippen molar-refractivity contribution in [1.82, 2.24) is 0 Å². The van der Waals surface area contributed by atoms with Crippen LogP contribution in [-0.4, -0.2) is 69.4 Å². The van der Waals surface area contributed by atoms with E-state index < -0.39 is 41.7 Å². The molecule has 0 radical (unpaired) electrons. The van der Waals surface area contributed by atoms with Gasteiger partial charge in [0.15, 0.2) is 0 Å². The van der Waals surface area contributed by atoms with Crippen molar-refractivity contribution in [1.29, 1.82) is 0 Å². The monoisotopic (exact) mass is 740 g/mol. The van der Waals surface area contributed by atoms with Gasteiger partial charge in [-0.1, -0.05) is 32.8 Å². The Hall–Kier alpha value is 0.180. The molecule has 4 atom stereocenters. The molecule has 0 fully saturated rings. The average Bonchev–Trinajstić information content (AvgIpc) is 2.98. The van der Waals surface area contributed by atoms with Crippen LogP contribution in [0.4, 0.5) is 0 Å². The van der Waals surface area contributed by atoms with Crippen molar-refractivity contribution in [3.63, 3.8) is 0 Å². The molecule has 0 saturated heterocycles. The van der Waals surface area contributed by atoms with Gasteiger partial charge in [0.1, 0.15) is 0 Å². The number of hydrogen-bond acceptors (Lipinski definition) is 12. The third kappa shape index (κ3) is 16.7. The molecule has 0 aromatic heterocycles. The van der Waals surface area contributed by atoms with E-state index in [1.54, 1.807) is 48.5 Å². The molecule has 0 amide bonds. The second-order valence-electron chi connectivity index (χ2n) is 10.7. The van der Waals surface area contributed by atoms with Crippen LogP contribution in [0.15, 0.2) is 12.8 Å². The quantitative estimate of drug-likeness (QED) is 0.0368. The second kappa shape index (κ2) is 25.2. The molecule has 12 nitrogen and oxygen atoms in total. The highest BCUT2D eigenvalue weighted by atomic mass is 31.2. The van der Waals surface area contributed by atoms with E-state index in [1.165, 1.54) is 0 Å². The summed E-state index contributed by atoms with van der Waals surface area (Å²) in [6.07, 6.45) is 6.49. The molecule has 0 bridgehead atoms. The minimum atomic E-state index is -3.53. The highest BCUT2D eigenvalue weighted by Crippen LogP contribution is 2.60. The van der Waals surface area contributed by atoms with Gasteiger partial charge in [0.2, 0.25) is 0 Å². The summed E-state index contributed by atoms with van der Waals surface area (Å²) in [5.74, 6) is 0. The van der Waals surface area contributed by atoms with E-state index in [4.69, 9.17) is 36.2 Å². The van der Waals surface area contributed by atoms with Gasteiger partial charge < -0.3 is 31.7 Å². The van der Waals surface area contributed by atoms with Crippen LogP contribution in [0, 0.1) is 0 Å². The van der Waals surface area contributed by atoms with E-state index in [0.717, 1.165) is 19.1 Å². The Labute approximate surface area is 279 Å². The Bertz CT molecular complexity index is 965. The van der Waals surface area contributed by atoms with Crippen molar-refractivity contribution < 1.29 is 54.5 Å². The first-order chi connectivity index (χ1) is 21.8. The number of hydrogen-bond donors (Lipinski definition) is 0. The van der Waals surface area contributed by atoms with Gasteiger partial charge in [0.25, 0.3) is 0 Å². The molecule has 0 rings (SSSR count). The third-order valence-corrected chi connectivity index (χ3v) is 17.2. The molecular weight excluding hydrogens is 676 g/mol. The number of unbranched alkanes of at least 4 members (excludes halogenated alkanes) is 2. The van der Waals surface area contributed by atoms with Crippen molar-refractivity contribution in [2.24, 2.45) is 0 Å². The smallest absolute Gasteiger partial charge is 0.381 e. The predicted molar refractivity (Wildman–Crippen MR) is 187 cm³/mol. The third-order valence-electron chi connectivity index (χ3n) is 7.31. The molecule has 0 aliphatic rings. The molecule has 0 aliphatic heterocycles. The Morgan fingerprint density at radius 3 is 1.33 bits per heavy atom. The molecule has 46 heavy (non-hydrogen) atoms. The van der Waals surface area contributed by atoms with Crippen LogP contribution in [0.5, 0.6) is 0 Å². The van der Waals surface area contributed by atoms with Gasteiger partial charge in [-0.2, -0.15) is 0 Å². The lowest BCUT2D eigenvalue weighted by molar-refractivity contribution is 0.203. The minimum absolute atomic E-state index is 0.204. The van der Waals surface area contributed by atoms with Gasteiger partial charge in [-0.3, -0.25) is 18.2 Å². The van der Waals surface area contributed by atoms with Crippen LogP contribution < -0.4 is 0 Å². The predicted octanol–water partition coefficient (Wildman–Crippen LogP) is 10.8. The van der Waals surface area contributed by atoms with Crippen LogP contribution in [0.2, 0.25) is 0 Å². The van der Waals surface area contributed by atoms with Crippen molar-refractivity contribution in [2.75, 3.05) is 52.4 Å². The van der Waals surface area contributed by atoms with Gasteiger partial charge >= 0.3 is 30.4 Å². The van der Waals surface area contributed by atoms with Gasteiger partial charge in [-0.15, -0.1) is 0 Å². The molecule has 0 spiro atoms. The second-order valence-corrected chi connectivity index (χ2v) is 19.9. The summed E-state index contributed by atoms with van der Waals surface area (Å²) in [5, 5.41) is 0. The summed E-state index contributed by atoms with van der Waals surface area (Å²) in [7, 11) is -13.5. The van der Waals surface area contributed by atoms with Crippen LogP contribution in [0.25, 0.3) is 0 Å². The van der Waals surface area contributed by atoms with E-state index in [9.17, 15) is 18.3 Å². The van der Waals surface area contributed by atoms with Crippen molar-refractivity contribution in [3.05, 3.63) is 12.8 Å². The van der Waals surface area contributed by atoms with Gasteiger partial charge in [-0.05, 0) is 87.0 Å². The first kappa shape index (κ1) is 46.2. The Kier molecular flexibility index (Phi) is 25.3. The molecule has 0 saturated carbocycles. The molecule has 276 valence electrons. The largest absolute Gasteiger partial charge is 0.433 e. The van der Waals surface area contributed by atoms with Crippen LogP contribution in [0.1, 0.15) is 113 Å². The molecule has 16 heteroatoms. The molecule has 0 aromatic rings. The summed E-state index contributed by atoms with van der Waals surface area (Å²) >= 11 is 0. The van der Waals surface area contributed by atoms with E-state index in [1.807, 2.05) is 6.92 Å². The van der Waals surface area contributed by atoms with Gasteiger partial charge in [0, 0.05) is 0 Å². The van der Waals surface area contributed by atoms with Crippen molar-refractivity contribution >= 4 is 30.4 Å². The fourth-order valence-electron chi connectivity index (χ4n) is 5.30. The van der Waals surface area contributed by atoms with E-state index in [0.29, 0.717) is 44.9 Å². The van der Waals surface area contributed by atoms with Crippen LogP contribution >= 0.6 is 30.4 Å². The lowest BCUT2D eigenvalue weighted by Crippen LogP contribution is -2.18. The minimum Gasteiger partial charge on any atom is -0.433 e. The highest BCUT2D eigenvalue weighted by molar-refractivity contribution is 7.55. The molecule has 0 aliphatic carbocycles. The summed E-state index contributed by atoms with van der Waals surface area (Å²) in [4.78, 5) is 0. The fraction of sp³-hybridized carbons (Fsp3) is 0.933. The van der Waals surface area contributed by atoms with Crippen molar-refractivity contribution in [2.45, 2.75) is 130 Å².